The Labute approximate surface area is 105 Å². The Kier molecular flexibility index (Phi) is 4.94. The van der Waals surface area contributed by atoms with Crippen molar-refractivity contribution in [3.63, 3.8) is 0 Å². The molecule has 1 fully saturated rings. The number of hydrogen-bond acceptors (Lipinski definition) is 3. The van der Waals surface area contributed by atoms with Crippen molar-refractivity contribution in [3.8, 4) is 0 Å². The van der Waals surface area contributed by atoms with Crippen LogP contribution in [0.3, 0.4) is 0 Å². The van der Waals surface area contributed by atoms with Crippen LogP contribution in [0, 0.1) is 5.92 Å². The molecule has 1 aliphatic rings. The molecule has 1 saturated carbocycles. The van der Waals surface area contributed by atoms with Gasteiger partial charge in [-0.2, -0.15) is 0 Å². The number of amides is 2. The Morgan fingerprint density at radius 3 is 2.39 bits per heavy atom. The van der Waals surface area contributed by atoms with Gasteiger partial charge >= 0.3 is 18.0 Å². The van der Waals surface area contributed by atoms with E-state index in [9.17, 15) is 14.4 Å². The van der Waals surface area contributed by atoms with Gasteiger partial charge in [0.1, 0.15) is 6.04 Å². The fourth-order valence-electron chi connectivity index (χ4n) is 1.56. The van der Waals surface area contributed by atoms with E-state index in [2.05, 4.69) is 5.32 Å². The van der Waals surface area contributed by atoms with E-state index < -0.39 is 24.0 Å². The standard InChI is InChI=1S/C11H18N2O5/c1-13(6-7-2-3-7)11(18)12-8(10(16)17)4-5-9(14)15/h7-8H,2-6H2,1H3,(H,12,18)(H,14,15)(H,16,17)/t8-/m0/s1. The van der Waals surface area contributed by atoms with Gasteiger partial charge in [0.25, 0.3) is 0 Å². The SMILES string of the molecule is CN(CC1CC1)C(=O)N[C@@H](CCC(=O)O)C(=O)O. The predicted octanol–water partition coefficient (Wildman–Crippen LogP) is 0.356. The minimum absolute atomic E-state index is 0.117. The average molecular weight is 258 g/mol. The molecule has 0 radical (unpaired) electrons. The summed E-state index contributed by atoms with van der Waals surface area (Å²) in [5.41, 5.74) is 0. The molecule has 0 aromatic carbocycles. The minimum Gasteiger partial charge on any atom is -0.481 e. The van der Waals surface area contributed by atoms with E-state index in [1.165, 1.54) is 4.90 Å². The maximum absolute atomic E-state index is 11.7. The van der Waals surface area contributed by atoms with Crippen molar-refractivity contribution in [2.45, 2.75) is 31.7 Å². The lowest BCUT2D eigenvalue weighted by Gasteiger charge is -2.21. The normalized spacial score (nSPS) is 15.8. The lowest BCUT2D eigenvalue weighted by molar-refractivity contribution is -0.140. The van der Waals surface area contributed by atoms with Crippen molar-refractivity contribution < 1.29 is 24.6 Å². The fourth-order valence-corrected chi connectivity index (χ4v) is 1.56. The summed E-state index contributed by atoms with van der Waals surface area (Å²) in [5, 5.41) is 19.7. The number of nitrogens with zero attached hydrogens (tertiary/aromatic N) is 1. The molecule has 0 aliphatic heterocycles. The van der Waals surface area contributed by atoms with Gasteiger partial charge in [-0.05, 0) is 25.2 Å². The summed E-state index contributed by atoms with van der Waals surface area (Å²) in [6.45, 7) is 0.608. The van der Waals surface area contributed by atoms with Crippen LogP contribution in [0.5, 0.6) is 0 Å². The molecule has 0 spiro atoms. The molecular formula is C11H18N2O5. The molecule has 102 valence electrons. The lowest BCUT2D eigenvalue weighted by atomic mass is 10.1. The van der Waals surface area contributed by atoms with Gasteiger partial charge in [0.05, 0.1) is 0 Å². The Hall–Kier alpha value is -1.79. The molecule has 1 aliphatic carbocycles. The Morgan fingerprint density at radius 1 is 1.33 bits per heavy atom. The second kappa shape index (κ2) is 6.23. The third-order valence-corrected chi connectivity index (χ3v) is 2.82. The van der Waals surface area contributed by atoms with Crippen LogP contribution in [0.25, 0.3) is 0 Å². The first-order chi connectivity index (χ1) is 8.40. The number of hydrogen-bond donors (Lipinski definition) is 3. The monoisotopic (exact) mass is 258 g/mol. The van der Waals surface area contributed by atoms with Gasteiger partial charge in [0, 0.05) is 20.0 Å². The van der Waals surface area contributed by atoms with Crippen LogP contribution >= 0.6 is 0 Å². The summed E-state index contributed by atoms with van der Waals surface area (Å²) in [7, 11) is 1.60. The minimum atomic E-state index is -1.22. The van der Waals surface area contributed by atoms with Crippen molar-refractivity contribution in [2.75, 3.05) is 13.6 Å². The summed E-state index contributed by atoms with van der Waals surface area (Å²) in [6.07, 6.45) is 1.79. The van der Waals surface area contributed by atoms with Crippen molar-refractivity contribution in [3.05, 3.63) is 0 Å². The molecule has 7 heteroatoms. The highest BCUT2D eigenvalue weighted by atomic mass is 16.4. The molecule has 0 aromatic heterocycles. The van der Waals surface area contributed by atoms with E-state index in [0.717, 1.165) is 12.8 Å². The number of carboxylic acid groups (broad SMARTS) is 2. The van der Waals surface area contributed by atoms with Gasteiger partial charge in [0.15, 0.2) is 0 Å². The van der Waals surface area contributed by atoms with Crippen molar-refractivity contribution in [2.24, 2.45) is 5.92 Å². The lowest BCUT2D eigenvalue weighted by Crippen LogP contribution is -2.47. The van der Waals surface area contributed by atoms with E-state index >= 15 is 0 Å². The third kappa shape index (κ3) is 5.03. The second-order valence-corrected chi connectivity index (χ2v) is 4.60. The van der Waals surface area contributed by atoms with Crippen LogP contribution in [-0.2, 0) is 9.59 Å². The van der Waals surface area contributed by atoms with E-state index in [1.807, 2.05) is 0 Å². The summed E-state index contributed by atoms with van der Waals surface area (Å²) in [6, 6.07) is -1.63. The number of rotatable bonds is 7. The molecule has 2 amide bonds. The number of aliphatic carboxylic acids is 2. The van der Waals surface area contributed by atoms with Crippen LogP contribution < -0.4 is 5.32 Å². The molecule has 0 aromatic rings. The van der Waals surface area contributed by atoms with E-state index in [0.29, 0.717) is 12.5 Å². The van der Waals surface area contributed by atoms with E-state index in [4.69, 9.17) is 10.2 Å². The zero-order valence-corrected chi connectivity index (χ0v) is 10.3. The summed E-state index contributed by atoms with van der Waals surface area (Å²) in [5.74, 6) is -1.78. The maximum Gasteiger partial charge on any atom is 0.326 e. The zero-order chi connectivity index (χ0) is 13.7. The molecule has 0 heterocycles. The molecule has 7 nitrogen and oxygen atoms in total. The predicted molar refractivity (Wildman–Crippen MR) is 62.2 cm³/mol. The fraction of sp³-hybridized carbons (Fsp3) is 0.727. The number of urea groups is 1. The van der Waals surface area contributed by atoms with Gasteiger partial charge in [-0.25, -0.2) is 9.59 Å². The molecular weight excluding hydrogens is 240 g/mol. The molecule has 0 saturated heterocycles. The van der Waals surface area contributed by atoms with Gasteiger partial charge in [-0.1, -0.05) is 0 Å². The Morgan fingerprint density at radius 2 is 1.94 bits per heavy atom. The highest BCUT2D eigenvalue weighted by Gasteiger charge is 2.27. The largest absolute Gasteiger partial charge is 0.481 e. The molecule has 18 heavy (non-hydrogen) atoms. The summed E-state index contributed by atoms with van der Waals surface area (Å²) < 4.78 is 0. The van der Waals surface area contributed by atoms with E-state index in [-0.39, 0.29) is 12.8 Å². The van der Waals surface area contributed by atoms with E-state index in [1.54, 1.807) is 7.05 Å². The van der Waals surface area contributed by atoms with Gasteiger partial charge in [-0.15, -0.1) is 0 Å². The first-order valence-electron chi connectivity index (χ1n) is 5.86. The third-order valence-electron chi connectivity index (χ3n) is 2.82. The van der Waals surface area contributed by atoms with Crippen LogP contribution in [0.15, 0.2) is 0 Å². The second-order valence-electron chi connectivity index (χ2n) is 4.60. The average Bonchev–Trinajstić information content (AvgIpc) is 3.06. The van der Waals surface area contributed by atoms with Gasteiger partial charge in [0.2, 0.25) is 0 Å². The van der Waals surface area contributed by atoms with Crippen molar-refractivity contribution in [1.82, 2.24) is 10.2 Å². The van der Waals surface area contributed by atoms with Crippen LogP contribution in [0.4, 0.5) is 4.79 Å². The van der Waals surface area contributed by atoms with Gasteiger partial charge in [-0.3, -0.25) is 4.79 Å². The number of nitrogens with one attached hydrogen (secondary N) is 1. The first kappa shape index (κ1) is 14.3. The number of carbonyl (C=O) groups is 3. The Balaban J connectivity index is 2.40. The van der Waals surface area contributed by atoms with Crippen LogP contribution in [0.1, 0.15) is 25.7 Å². The molecule has 3 N–H and O–H groups in total. The van der Waals surface area contributed by atoms with Crippen molar-refractivity contribution in [1.29, 1.82) is 0 Å². The zero-order valence-electron chi connectivity index (χ0n) is 10.3. The van der Waals surface area contributed by atoms with Gasteiger partial charge < -0.3 is 20.4 Å². The first-order valence-corrected chi connectivity index (χ1v) is 5.86. The smallest absolute Gasteiger partial charge is 0.326 e. The highest BCUT2D eigenvalue weighted by Crippen LogP contribution is 2.29. The molecule has 1 atom stereocenters. The highest BCUT2D eigenvalue weighted by molar-refractivity contribution is 5.83. The molecule has 0 bridgehead atoms. The summed E-state index contributed by atoms with van der Waals surface area (Å²) >= 11 is 0. The topological polar surface area (TPSA) is 107 Å². The molecule has 0 unspecified atom stereocenters. The number of carbonyl (C=O) groups excluding carboxylic acids is 1. The summed E-state index contributed by atoms with van der Waals surface area (Å²) in [4.78, 5) is 34.4. The van der Waals surface area contributed by atoms with Crippen LogP contribution in [0.2, 0.25) is 0 Å². The Bertz CT molecular complexity index is 340. The van der Waals surface area contributed by atoms with Crippen molar-refractivity contribution >= 4 is 18.0 Å². The maximum atomic E-state index is 11.7. The quantitative estimate of drug-likeness (QED) is 0.611. The molecule has 1 rings (SSSR count). The van der Waals surface area contributed by atoms with Crippen LogP contribution in [-0.4, -0.2) is 52.7 Å². The number of carboxylic acids is 2.